The molecule has 9 atom stereocenters. The Balaban J connectivity index is 1.51. The zero-order valence-corrected chi connectivity index (χ0v) is 16.5. The first-order chi connectivity index (χ1) is 11.6. The fourth-order valence-electron chi connectivity index (χ4n) is 8.46. The summed E-state index contributed by atoms with van der Waals surface area (Å²) in [6, 6.07) is 0. The molecule has 0 aliphatic heterocycles. The summed E-state index contributed by atoms with van der Waals surface area (Å²) in [5.41, 5.74) is 0.618. The predicted molar refractivity (Wildman–Crippen MR) is 104 cm³/mol. The molecule has 4 aliphatic carbocycles. The van der Waals surface area contributed by atoms with Gasteiger partial charge in [-0.15, -0.1) is 0 Å². The van der Waals surface area contributed by atoms with Gasteiger partial charge in [-0.25, -0.2) is 0 Å². The molecule has 4 fully saturated rings. The van der Waals surface area contributed by atoms with Crippen molar-refractivity contribution >= 4 is 7.85 Å². The average Bonchev–Trinajstić information content (AvgIpc) is 2.97. The van der Waals surface area contributed by atoms with E-state index in [1.165, 1.54) is 32.1 Å². The molecule has 0 aromatic carbocycles. The SMILES string of the molecule is [B]CC(C)C1CCC2C3CCC4CC(CC)CCC4C3CCC12C. The molecule has 0 aromatic heterocycles. The van der Waals surface area contributed by atoms with Gasteiger partial charge in [0, 0.05) is 0 Å². The van der Waals surface area contributed by atoms with Gasteiger partial charge in [-0.05, 0) is 104 Å². The molecule has 4 aliphatic rings. The number of hydrogen-bond donors (Lipinski definition) is 0. The Morgan fingerprint density at radius 1 is 0.958 bits per heavy atom. The normalized spacial score (nSPS) is 52.2. The highest BCUT2D eigenvalue weighted by atomic mass is 14.6. The van der Waals surface area contributed by atoms with Gasteiger partial charge in [-0.1, -0.05) is 39.9 Å². The predicted octanol–water partition coefficient (Wildman–Crippen LogP) is 6.50. The van der Waals surface area contributed by atoms with E-state index in [4.69, 9.17) is 7.85 Å². The van der Waals surface area contributed by atoms with E-state index in [9.17, 15) is 0 Å². The molecule has 0 bridgehead atoms. The van der Waals surface area contributed by atoms with E-state index in [0.29, 0.717) is 5.41 Å². The highest BCUT2D eigenvalue weighted by molar-refractivity contribution is 6.08. The van der Waals surface area contributed by atoms with Gasteiger partial charge in [0.15, 0.2) is 0 Å². The van der Waals surface area contributed by atoms with Gasteiger partial charge in [0.2, 0.25) is 0 Å². The maximum atomic E-state index is 6.08. The lowest BCUT2D eigenvalue weighted by molar-refractivity contribution is -0.0729. The molecule has 24 heavy (non-hydrogen) atoms. The summed E-state index contributed by atoms with van der Waals surface area (Å²) >= 11 is 0. The number of rotatable bonds is 3. The minimum atomic E-state index is 0.618. The Morgan fingerprint density at radius 2 is 1.75 bits per heavy atom. The van der Waals surface area contributed by atoms with Gasteiger partial charge in [0.25, 0.3) is 0 Å². The summed E-state index contributed by atoms with van der Waals surface area (Å²) in [6.07, 6.45) is 16.2. The van der Waals surface area contributed by atoms with E-state index in [1.807, 2.05) is 0 Å². The molecule has 134 valence electrons. The van der Waals surface area contributed by atoms with Crippen LogP contribution in [0.1, 0.15) is 85.0 Å². The topological polar surface area (TPSA) is 0 Å². The fraction of sp³-hybridized carbons (Fsp3) is 1.00. The van der Waals surface area contributed by atoms with Crippen LogP contribution in [-0.4, -0.2) is 7.85 Å². The highest BCUT2D eigenvalue weighted by Gasteiger charge is 2.57. The van der Waals surface area contributed by atoms with Gasteiger partial charge in [0.05, 0.1) is 7.85 Å². The molecular formula is C23H39B. The van der Waals surface area contributed by atoms with Crippen LogP contribution in [0.2, 0.25) is 6.32 Å². The van der Waals surface area contributed by atoms with Crippen molar-refractivity contribution in [2.75, 3.05) is 0 Å². The van der Waals surface area contributed by atoms with Crippen LogP contribution in [0.15, 0.2) is 0 Å². The molecular weight excluding hydrogens is 287 g/mol. The zero-order chi connectivity index (χ0) is 16.9. The minimum Gasteiger partial charge on any atom is -0.0859 e. The molecule has 1 heteroatoms. The molecule has 4 rings (SSSR count). The maximum Gasteiger partial charge on any atom is 0.0656 e. The molecule has 0 saturated heterocycles. The van der Waals surface area contributed by atoms with E-state index in [2.05, 4.69) is 20.8 Å². The monoisotopic (exact) mass is 326 g/mol. The average molecular weight is 326 g/mol. The minimum absolute atomic E-state index is 0.618. The summed E-state index contributed by atoms with van der Waals surface area (Å²) < 4.78 is 0. The first kappa shape index (κ1) is 17.5. The molecule has 0 aromatic rings. The van der Waals surface area contributed by atoms with Gasteiger partial charge in [-0.3, -0.25) is 0 Å². The van der Waals surface area contributed by atoms with Crippen molar-refractivity contribution in [3.63, 3.8) is 0 Å². The van der Waals surface area contributed by atoms with Crippen molar-refractivity contribution in [1.82, 2.24) is 0 Å². The molecule has 9 unspecified atom stereocenters. The van der Waals surface area contributed by atoms with Crippen LogP contribution in [0.25, 0.3) is 0 Å². The van der Waals surface area contributed by atoms with Gasteiger partial charge in [0.1, 0.15) is 0 Å². The Morgan fingerprint density at radius 3 is 2.50 bits per heavy atom. The third-order valence-electron chi connectivity index (χ3n) is 9.77. The maximum absolute atomic E-state index is 6.08. The van der Waals surface area contributed by atoms with Gasteiger partial charge < -0.3 is 0 Å². The number of fused-ring (bicyclic) bond motifs is 5. The molecule has 0 spiro atoms. The molecule has 0 heterocycles. The lowest BCUT2D eigenvalue weighted by Crippen LogP contribution is -2.49. The van der Waals surface area contributed by atoms with Crippen LogP contribution in [-0.2, 0) is 0 Å². The van der Waals surface area contributed by atoms with E-state index >= 15 is 0 Å². The Bertz CT molecular complexity index is 445. The van der Waals surface area contributed by atoms with E-state index in [1.54, 1.807) is 32.1 Å². The lowest BCUT2D eigenvalue weighted by atomic mass is 9.48. The van der Waals surface area contributed by atoms with Crippen molar-refractivity contribution < 1.29 is 0 Å². The summed E-state index contributed by atoms with van der Waals surface area (Å²) in [6.45, 7) is 7.51. The van der Waals surface area contributed by atoms with E-state index < -0.39 is 0 Å². The molecule has 0 N–H and O–H groups in total. The Hall–Kier alpha value is 0.0649. The largest absolute Gasteiger partial charge is 0.0859 e. The van der Waals surface area contributed by atoms with Crippen LogP contribution in [0, 0.1) is 52.8 Å². The van der Waals surface area contributed by atoms with Crippen molar-refractivity contribution in [2.24, 2.45) is 52.8 Å². The summed E-state index contributed by atoms with van der Waals surface area (Å²) in [5.74, 6) is 8.06. The summed E-state index contributed by atoms with van der Waals surface area (Å²) in [4.78, 5) is 0. The smallest absolute Gasteiger partial charge is 0.0656 e. The van der Waals surface area contributed by atoms with Crippen LogP contribution >= 0.6 is 0 Å². The van der Waals surface area contributed by atoms with Crippen molar-refractivity contribution in [3.8, 4) is 0 Å². The molecule has 0 amide bonds. The lowest BCUT2D eigenvalue weighted by Gasteiger charge is -2.57. The number of hydrogen-bond acceptors (Lipinski definition) is 0. The summed E-state index contributed by atoms with van der Waals surface area (Å²) in [5, 5.41) is 0. The van der Waals surface area contributed by atoms with E-state index in [0.717, 1.165) is 53.7 Å². The highest BCUT2D eigenvalue weighted by Crippen LogP contribution is 2.65. The van der Waals surface area contributed by atoms with Crippen LogP contribution in [0.5, 0.6) is 0 Å². The Kier molecular flexibility index (Phi) is 4.85. The zero-order valence-electron chi connectivity index (χ0n) is 16.5. The third-order valence-corrected chi connectivity index (χ3v) is 9.77. The Labute approximate surface area is 152 Å². The standard InChI is InChI=1S/C23H39B/c1-4-16-5-7-18-17(13-16)6-8-20-19(18)11-12-23(3)21(15(2)14-24)9-10-22(20)23/h15-22H,4-14H2,1-3H3. The summed E-state index contributed by atoms with van der Waals surface area (Å²) in [7, 11) is 6.08. The second-order valence-electron chi connectivity index (χ2n) is 10.5. The quantitative estimate of drug-likeness (QED) is 0.519. The second kappa shape index (κ2) is 6.66. The van der Waals surface area contributed by atoms with Crippen molar-refractivity contribution in [1.29, 1.82) is 0 Å². The first-order valence-electron chi connectivity index (χ1n) is 11.3. The van der Waals surface area contributed by atoms with Gasteiger partial charge in [-0.2, -0.15) is 0 Å². The van der Waals surface area contributed by atoms with Crippen LogP contribution in [0.3, 0.4) is 0 Å². The first-order valence-corrected chi connectivity index (χ1v) is 11.3. The second-order valence-corrected chi connectivity index (χ2v) is 10.5. The molecule has 2 radical (unpaired) electrons. The van der Waals surface area contributed by atoms with E-state index in [-0.39, 0.29) is 0 Å². The van der Waals surface area contributed by atoms with Crippen LogP contribution in [0.4, 0.5) is 0 Å². The van der Waals surface area contributed by atoms with Crippen molar-refractivity contribution in [2.45, 2.75) is 91.3 Å². The van der Waals surface area contributed by atoms with Gasteiger partial charge >= 0.3 is 0 Å². The van der Waals surface area contributed by atoms with Crippen LogP contribution < -0.4 is 0 Å². The molecule has 4 saturated carbocycles. The molecule has 0 nitrogen and oxygen atoms in total. The van der Waals surface area contributed by atoms with Crippen molar-refractivity contribution in [3.05, 3.63) is 0 Å². The third kappa shape index (κ3) is 2.63. The fourth-order valence-corrected chi connectivity index (χ4v) is 8.46.